The van der Waals surface area contributed by atoms with Crippen molar-refractivity contribution in [3.05, 3.63) is 40.3 Å². The first-order chi connectivity index (χ1) is 11.8. The molecular formula is C19H25N3O3. The van der Waals surface area contributed by atoms with Crippen molar-refractivity contribution >= 4 is 16.9 Å². The Balaban J connectivity index is 1.66. The fourth-order valence-corrected chi connectivity index (χ4v) is 3.43. The van der Waals surface area contributed by atoms with Crippen molar-refractivity contribution in [2.45, 2.75) is 64.0 Å². The summed E-state index contributed by atoms with van der Waals surface area (Å²) in [6.07, 6.45) is 3.23. The summed E-state index contributed by atoms with van der Waals surface area (Å²) in [6, 6.07) is 7.71. The molecule has 1 amide bonds. The molecule has 0 atom stereocenters. The van der Waals surface area contributed by atoms with Gasteiger partial charge in [-0.2, -0.15) is 5.10 Å². The van der Waals surface area contributed by atoms with Gasteiger partial charge in [-0.25, -0.2) is 9.89 Å². The number of hydrogen-bond donors (Lipinski definition) is 2. The molecular weight excluding hydrogens is 318 g/mol. The van der Waals surface area contributed by atoms with E-state index < -0.39 is 5.60 Å². The van der Waals surface area contributed by atoms with E-state index >= 15 is 0 Å². The first-order valence-corrected chi connectivity index (χ1v) is 8.80. The molecule has 134 valence electrons. The number of alkyl carbamates (subject to hydrolysis) is 1. The molecule has 0 radical (unpaired) electrons. The Labute approximate surface area is 147 Å². The van der Waals surface area contributed by atoms with Crippen molar-refractivity contribution < 1.29 is 9.53 Å². The quantitative estimate of drug-likeness (QED) is 0.874. The Morgan fingerprint density at radius 2 is 1.80 bits per heavy atom. The summed E-state index contributed by atoms with van der Waals surface area (Å²) in [5, 5.41) is 11.5. The Hall–Kier alpha value is -2.37. The number of nitrogens with one attached hydrogen (secondary N) is 2. The molecule has 1 aliphatic rings. The van der Waals surface area contributed by atoms with Crippen molar-refractivity contribution in [3.8, 4) is 0 Å². The summed E-state index contributed by atoms with van der Waals surface area (Å²) in [5.74, 6) is 0.290. The normalized spacial score (nSPS) is 21.1. The predicted molar refractivity (Wildman–Crippen MR) is 96.7 cm³/mol. The highest BCUT2D eigenvalue weighted by Crippen LogP contribution is 2.34. The fourth-order valence-electron chi connectivity index (χ4n) is 3.43. The zero-order valence-corrected chi connectivity index (χ0v) is 15.0. The number of aromatic amines is 1. The summed E-state index contributed by atoms with van der Waals surface area (Å²) >= 11 is 0. The summed E-state index contributed by atoms with van der Waals surface area (Å²) in [7, 11) is 0. The molecule has 1 fully saturated rings. The number of amides is 1. The molecule has 1 saturated carbocycles. The van der Waals surface area contributed by atoms with E-state index in [0.717, 1.165) is 36.8 Å². The number of ether oxygens (including phenoxy) is 1. The Morgan fingerprint density at radius 1 is 1.16 bits per heavy atom. The van der Waals surface area contributed by atoms with Crippen LogP contribution in [0.1, 0.15) is 58.1 Å². The summed E-state index contributed by atoms with van der Waals surface area (Å²) in [4.78, 5) is 23.8. The summed E-state index contributed by atoms with van der Waals surface area (Å²) in [6.45, 7) is 5.57. The lowest BCUT2D eigenvalue weighted by molar-refractivity contribution is 0.0491. The lowest BCUT2D eigenvalue weighted by atomic mass is 9.83. The number of hydrogen-bond acceptors (Lipinski definition) is 4. The van der Waals surface area contributed by atoms with E-state index in [1.54, 1.807) is 0 Å². The van der Waals surface area contributed by atoms with Crippen molar-refractivity contribution in [3.63, 3.8) is 0 Å². The predicted octanol–water partition coefficient (Wildman–Crippen LogP) is 3.47. The lowest BCUT2D eigenvalue weighted by Gasteiger charge is -2.30. The van der Waals surface area contributed by atoms with Gasteiger partial charge in [0, 0.05) is 17.3 Å². The van der Waals surface area contributed by atoms with Gasteiger partial charge >= 0.3 is 6.09 Å². The number of nitrogens with zero attached hydrogens (tertiary/aromatic N) is 1. The van der Waals surface area contributed by atoms with Crippen LogP contribution < -0.4 is 10.9 Å². The topological polar surface area (TPSA) is 84.1 Å². The van der Waals surface area contributed by atoms with Crippen molar-refractivity contribution in [2.75, 3.05) is 0 Å². The van der Waals surface area contributed by atoms with Crippen molar-refractivity contribution in [2.24, 2.45) is 0 Å². The zero-order chi connectivity index (χ0) is 18.0. The SMILES string of the molecule is CC(C)(C)OC(=O)NC1CCC(c2n[nH]c(=O)c3ccccc23)CC1. The van der Waals surface area contributed by atoms with E-state index in [0.29, 0.717) is 11.3 Å². The van der Waals surface area contributed by atoms with Gasteiger partial charge in [-0.15, -0.1) is 0 Å². The number of rotatable bonds is 2. The van der Waals surface area contributed by atoms with Crippen LogP contribution in [0.4, 0.5) is 4.79 Å². The minimum absolute atomic E-state index is 0.125. The summed E-state index contributed by atoms with van der Waals surface area (Å²) in [5.41, 5.74) is 0.311. The van der Waals surface area contributed by atoms with Crippen LogP contribution in [0.15, 0.2) is 29.1 Å². The number of benzene rings is 1. The van der Waals surface area contributed by atoms with Gasteiger partial charge in [0.25, 0.3) is 5.56 Å². The van der Waals surface area contributed by atoms with Crippen LogP contribution >= 0.6 is 0 Å². The molecule has 6 heteroatoms. The molecule has 25 heavy (non-hydrogen) atoms. The standard InChI is InChI=1S/C19H25N3O3/c1-19(2,3)25-18(24)20-13-10-8-12(9-11-13)16-14-6-4-5-7-15(14)17(23)22-21-16/h4-7,12-13H,8-11H2,1-3H3,(H,20,24)(H,22,23). The molecule has 1 aromatic heterocycles. The molecule has 1 aliphatic carbocycles. The zero-order valence-electron chi connectivity index (χ0n) is 15.0. The van der Waals surface area contributed by atoms with Crippen LogP contribution in [0, 0.1) is 0 Å². The molecule has 3 rings (SSSR count). The third-order valence-electron chi connectivity index (χ3n) is 4.56. The van der Waals surface area contributed by atoms with E-state index in [-0.39, 0.29) is 17.7 Å². The monoisotopic (exact) mass is 343 g/mol. The van der Waals surface area contributed by atoms with E-state index in [2.05, 4.69) is 15.5 Å². The first kappa shape index (κ1) is 17.5. The van der Waals surface area contributed by atoms with E-state index in [9.17, 15) is 9.59 Å². The minimum atomic E-state index is -0.486. The van der Waals surface area contributed by atoms with Crippen molar-refractivity contribution in [1.29, 1.82) is 0 Å². The molecule has 1 heterocycles. The molecule has 0 spiro atoms. The largest absolute Gasteiger partial charge is 0.444 e. The molecule has 0 unspecified atom stereocenters. The number of fused-ring (bicyclic) bond motifs is 1. The molecule has 0 aliphatic heterocycles. The van der Waals surface area contributed by atoms with Gasteiger partial charge in [-0.3, -0.25) is 4.79 Å². The molecule has 2 aromatic rings. The first-order valence-electron chi connectivity index (χ1n) is 8.80. The third-order valence-corrected chi connectivity index (χ3v) is 4.56. The van der Waals surface area contributed by atoms with Crippen LogP contribution in [0.2, 0.25) is 0 Å². The molecule has 0 saturated heterocycles. The van der Waals surface area contributed by atoms with Gasteiger partial charge in [0.15, 0.2) is 0 Å². The Bertz CT molecular complexity index is 815. The Kier molecular flexibility index (Phi) is 4.79. The molecule has 1 aromatic carbocycles. The van der Waals surface area contributed by atoms with E-state index in [1.165, 1.54) is 0 Å². The second-order valence-electron chi connectivity index (χ2n) is 7.68. The van der Waals surface area contributed by atoms with Gasteiger partial charge in [0.2, 0.25) is 0 Å². The number of aromatic nitrogens is 2. The van der Waals surface area contributed by atoms with E-state index in [1.807, 2.05) is 45.0 Å². The van der Waals surface area contributed by atoms with Crippen LogP contribution in [0.5, 0.6) is 0 Å². The minimum Gasteiger partial charge on any atom is -0.444 e. The number of carbonyl (C=O) groups excluding carboxylic acids is 1. The second-order valence-corrected chi connectivity index (χ2v) is 7.68. The highest BCUT2D eigenvalue weighted by Gasteiger charge is 2.27. The second kappa shape index (κ2) is 6.86. The van der Waals surface area contributed by atoms with Crippen LogP contribution in [-0.4, -0.2) is 27.9 Å². The molecule has 0 bridgehead atoms. The van der Waals surface area contributed by atoms with E-state index in [4.69, 9.17) is 4.74 Å². The van der Waals surface area contributed by atoms with Crippen molar-refractivity contribution in [1.82, 2.24) is 15.5 Å². The highest BCUT2D eigenvalue weighted by atomic mass is 16.6. The molecule has 2 N–H and O–H groups in total. The average Bonchev–Trinajstić information content (AvgIpc) is 2.55. The Morgan fingerprint density at radius 3 is 2.44 bits per heavy atom. The van der Waals surface area contributed by atoms with Gasteiger partial charge < -0.3 is 10.1 Å². The van der Waals surface area contributed by atoms with Gasteiger partial charge in [0.05, 0.1) is 11.1 Å². The van der Waals surface area contributed by atoms with Gasteiger partial charge in [0.1, 0.15) is 5.60 Å². The van der Waals surface area contributed by atoms with Crippen LogP contribution in [-0.2, 0) is 4.74 Å². The average molecular weight is 343 g/mol. The van der Waals surface area contributed by atoms with Gasteiger partial charge in [-0.05, 0) is 52.5 Å². The maximum Gasteiger partial charge on any atom is 0.407 e. The maximum atomic E-state index is 11.9. The third kappa shape index (κ3) is 4.18. The smallest absolute Gasteiger partial charge is 0.407 e. The number of H-pyrrole nitrogens is 1. The number of carbonyl (C=O) groups is 1. The maximum absolute atomic E-state index is 11.9. The van der Waals surface area contributed by atoms with Crippen LogP contribution in [0.25, 0.3) is 10.8 Å². The lowest BCUT2D eigenvalue weighted by Crippen LogP contribution is -2.40. The van der Waals surface area contributed by atoms with Gasteiger partial charge in [-0.1, -0.05) is 18.2 Å². The summed E-state index contributed by atoms with van der Waals surface area (Å²) < 4.78 is 5.32. The molecule has 6 nitrogen and oxygen atoms in total. The fraction of sp³-hybridized carbons (Fsp3) is 0.526. The van der Waals surface area contributed by atoms with Crippen LogP contribution in [0.3, 0.4) is 0 Å². The highest BCUT2D eigenvalue weighted by molar-refractivity contribution is 5.83.